The lowest BCUT2D eigenvalue weighted by Crippen LogP contribution is -2.49. The minimum absolute atomic E-state index is 0.0878. The summed E-state index contributed by atoms with van der Waals surface area (Å²) in [4.78, 5) is 40.4. The first-order chi connectivity index (χ1) is 17.3. The van der Waals surface area contributed by atoms with Gasteiger partial charge in [-0.25, -0.2) is 4.39 Å². The average Bonchev–Trinajstić information content (AvgIpc) is 3.20. The van der Waals surface area contributed by atoms with Crippen molar-refractivity contribution in [2.75, 3.05) is 12.8 Å². The Bertz CT molecular complexity index is 1320. The number of nitrogens with one attached hydrogen (secondary N) is 1. The summed E-state index contributed by atoms with van der Waals surface area (Å²) in [5.41, 5.74) is 11.1. The number of primary amides is 1. The number of rotatable bonds is 8. The summed E-state index contributed by atoms with van der Waals surface area (Å²) in [5, 5.41) is 13.0. The molecule has 3 amide bonds. The number of aromatic nitrogens is 1. The van der Waals surface area contributed by atoms with Crippen LogP contribution in [-0.2, 0) is 11.3 Å². The third kappa shape index (κ3) is 6.33. The van der Waals surface area contributed by atoms with Crippen LogP contribution in [0.25, 0.3) is 0 Å². The van der Waals surface area contributed by atoms with Gasteiger partial charge in [0.25, 0.3) is 11.8 Å². The molecule has 0 bridgehead atoms. The van der Waals surface area contributed by atoms with Crippen LogP contribution in [0.5, 0.6) is 11.5 Å². The molecular formula is C25H28FN5O5S. The van der Waals surface area contributed by atoms with Gasteiger partial charge in [0.2, 0.25) is 5.91 Å². The van der Waals surface area contributed by atoms with E-state index in [1.54, 1.807) is 20.8 Å². The lowest BCUT2D eigenvalue weighted by molar-refractivity contribution is -0.127. The number of halogens is 1. The Balaban J connectivity index is 2.21. The van der Waals surface area contributed by atoms with Gasteiger partial charge in [-0.3, -0.25) is 14.4 Å². The zero-order valence-corrected chi connectivity index (χ0v) is 21.6. The second kappa shape index (κ2) is 10.8. The van der Waals surface area contributed by atoms with Crippen molar-refractivity contribution in [1.29, 1.82) is 0 Å². The van der Waals surface area contributed by atoms with Gasteiger partial charge < -0.3 is 31.5 Å². The molecule has 1 atom stereocenters. The maximum absolute atomic E-state index is 13.9. The molecule has 3 aromatic rings. The van der Waals surface area contributed by atoms with E-state index < -0.39 is 35.1 Å². The summed E-state index contributed by atoms with van der Waals surface area (Å²) in [7, 11) is 1.36. The van der Waals surface area contributed by atoms with E-state index in [0.717, 1.165) is 0 Å². The summed E-state index contributed by atoms with van der Waals surface area (Å²) in [6.07, 6.45) is 0. The van der Waals surface area contributed by atoms with E-state index in [9.17, 15) is 23.9 Å². The minimum atomic E-state index is -1.25. The fraction of sp³-hybridized carbons (Fsp3) is 0.280. The number of amides is 3. The summed E-state index contributed by atoms with van der Waals surface area (Å²) in [6, 6.07) is 8.46. The molecule has 196 valence electrons. The number of nitrogen functional groups attached to an aromatic ring is 1. The maximum Gasteiger partial charge on any atom is 0.270 e. The number of carbonyl (C=O) groups excluding carboxylic acids is 3. The van der Waals surface area contributed by atoms with Crippen molar-refractivity contribution in [2.24, 2.45) is 5.73 Å². The lowest BCUT2D eigenvalue weighted by atomic mass is 10.00. The Hall–Kier alpha value is -4.19. The van der Waals surface area contributed by atoms with Crippen molar-refractivity contribution in [3.8, 4) is 11.5 Å². The van der Waals surface area contributed by atoms with Gasteiger partial charge in [0, 0.05) is 12.1 Å². The topological polar surface area (TPSA) is 161 Å². The highest BCUT2D eigenvalue weighted by Crippen LogP contribution is 2.34. The number of methoxy groups -OCH3 is 1. The van der Waals surface area contributed by atoms with Crippen molar-refractivity contribution in [3.05, 3.63) is 70.0 Å². The first-order valence-corrected chi connectivity index (χ1v) is 11.9. The summed E-state index contributed by atoms with van der Waals surface area (Å²) < 4.78 is 22.7. The molecule has 12 heteroatoms. The van der Waals surface area contributed by atoms with Crippen LogP contribution in [0.3, 0.4) is 0 Å². The average molecular weight is 530 g/mol. The first-order valence-electron chi connectivity index (χ1n) is 11.1. The Morgan fingerprint density at radius 2 is 1.84 bits per heavy atom. The third-order valence-electron chi connectivity index (χ3n) is 5.26. The molecule has 0 unspecified atom stereocenters. The van der Waals surface area contributed by atoms with Crippen LogP contribution in [0.15, 0.2) is 42.5 Å². The molecule has 10 nitrogen and oxygen atoms in total. The van der Waals surface area contributed by atoms with Crippen LogP contribution in [0.1, 0.15) is 58.1 Å². The third-order valence-corrected chi connectivity index (χ3v) is 6.11. The number of aromatic hydroxyl groups is 1. The largest absolute Gasteiger partial charge is 0.504 e. The first kappa shape index (κ1) is 27.4. The number of phenolic OH excluding ortho intramolecular Hbond substituents is 1. The number of hydrogen-bond acceptors (Lipinski definition) is 8. The van der Waals surface area contributed by atoms with Crippen molar-refractivity contribution in [2.45, 2.75) is 38.9 Å². The molecule has 6 N–H and O–H groups in total. The molecule has 0 aliphatic carbocycles. The van der Waals surface area contributed by atoms with Crippen LogP contribution in [0.4, 0.5) is 10.1 Å². The zero-order chi connectivity index (χ0) is 27.5. The fourth-order valence-corrected chi connectivity index (χ4v) is 4.36. The second-order valence-electron chi connectivity index (χ2n) is 9.27. The number of anilines is 1. The highest BCUT2D eigenvalue weighted by atomic mass is 32.1. The maximum atomic E-state index is 13.9. The van der Waals surface area contributed by atoms with Gasteiger partial charge in [-0.1, -0.05) is 18.2 Å². The predicted octanol–water partition coefficient (Wildman–Crippen LogP) is 2.98. The number of phenols is 1. The van der Waals surface area contributed by atoms with E-state index in [4.69, 9.17) is 16.2 Å². The quantitative estimate of drug-likeness (QED) is 0.349. The van der Waals surface area contributed by atoms with Gasteiger partial charge in [0.15, 0.2) is 17.2 Å². The molecule has 0 aliphatic heterocycles. The molecule has 0 spiro atoms. The zero-order valence-electron chi connectivity index (χ0n) is 20.7. The minimum Gasteiger partial charge on any atom is -0.504 e. The molecule has 0 aliphatic rings. The number of benzene rings is 2. The molecule has 1 heterocycles. The highest BCUT2D eigenvalue weighted by Gasteiger charge is 2.36. The van der Waals surface area contributed by atoms with Gasteiger partial charge in [-0.2, -0.15) is 4.37 Å². The smallest absolute Gasteiger partial charge is 0.270 e. The Labute approximate surface area is 217 Å². The molecule has 37 heavy (non-hydrogen) atoms. The summed E-state index contributed by atoms with van der Waals surface area (Å²) in [5.74, 6) is -2.67. The second-order valence-corrected chi connectivity index (χ2v) is 10.0. The SMILES string of the molecule is COc1cc([C@H](C(=O)NC(C)(C)C)N(Cc2ccc(F)cc2)C(=O)c2snc(C(N)=O)c2N)ccc1O. The molecule has 0 fully saturated rings. The van der Waals surface area contributed by atoms with Crippen molar-refractivity contribution in [3.63, 3.8) is 0 Å². The molecule has 0 saturated heterocycles. The van der Waals surface area contributed by atoms with Gasteiger partial charge in [-0.05, 0) is 67.7 Å². The van der Waals surface area contributed by atoms with Gasteiger partial charge >= 0.3 is 0 Å². The number of carbonyl (C=O) groups is 3. The molecule has 2 aromatic carbocycles. The van der Waals surface area contributed by atoms with Crippen LogP contribution >= 0.6 is 11.5 Å². The van der Waals surface area contributed by atoms with Gasteiger partial charge in [-0.15, -0.1) is 0 Å². The van der Waals surface area contributed by atoms with Crippen molar-refractivity contribution < 1.29 is 28.6 Å². The van der Waals surface area contributed by atoms with Crippen LogP contribution in [-0.4, -0.2) is 44.8 Å². The summed E-state index contributed by atoms with van der Waals surface area (Å²) >= 11 is 0.678. The molecule has 1 aromatic heterocycles. The van der Waals surface area contributed by atoms with Gasteiger partial charge in [0.05, 0.1) is 12.8 Å². The predicted molar refractivity (Wildman–Crippen MR) is 137 cm³/mol. The van der Waals surface area contributed by atoms with E-state index in [1.807, 2.05) is 0 Å². The van der Waals surface area contributed by atoms with Crippen LogP contribution in [0.2, 0.25) is 0 Å². The Morgan fingerprint density at radius 1 is 1.19 bits per heavy atom. The van der Waals surface area contributed by atoms with Crippen molar-refractivity contribution in [1.82, 2.24) is 14.6 Å². The molecule has 0 saturated carbocycles. The fourth-order valence-electron chi connectivity index (χ4n) is 3.60. The molecular weight excluding hydrogens is 501 g/mol. The monoisotopic (exact) mass is 529 g/mol. The van der Waals surface area contributed by atoms with E-state index in [0.29, 0.717) is 22.7 Å². The number of nitrogens with two attached hydrogens (primary N) is 2. The van der Waals surface area contributed by atoms with E-state index in [-0.39, 0.29) is 34.3 Å². The standard InChI is InChI=1S/C25H28FN5O5S/c1-25(2,3)29-23(34)20(14-7-10-16(32)17(11-14)36-4)31(12-13-5-8-15(26)9-6-13)24(35)21-18(27)19(22(28)33)30-37-21/h5-11,20,32H,12,27H2,1-4H3,(H2,28,33)(H,29,34)/t20-/m1/s1. The summed E-state index contributed by atoms with van der Waals surface area (Å²) in [6.45, 7) is 5.22. The van der Waals surface area contributed by atoms with Crippen LogP contribution < -0.4 is 21.5 Å². The number of hydrogen-bond donors (Lipinski definition) is 4. The van der Waals surface area contributed by atoms with E-state index in [1.165, 1.54) is 54.5 Å². The Morgan fingerprint density at radius 3 is 2.38 bits per heavy atom. The van der Waals surface area contributed by atoms with Crippen LogP contribution in [0, 0.1) is 5.82 Å². The molecule has 0 radical (unpaired) electrons. The Kier molecular flexibility index (Phi) is 8.02. The lowest BCUT2D eigenvalue weighted by Gasteiger charge is -2.34. The highest BCUT2D eigenvalue weighted by molar-refractivity contribution is 7.09. The number of ether oxygens (including phenoxy) is 1. The normalized spacial score (nSPS) is 12.0. The van der Waals surface area contributed by atoms with E-state index >= 15 is 0 Å². The van der Waals surface area contributed by atoms with Gasteiger partial charge in [0.1, 0.15) is 16.7 Å². The van der Waals surface area contributed by atoms with Crippen molar-refractivity contribution >= 4 is 34.9 Å². The number of nitrogens with zero attached hydrogens (tertiary/aromatic N) is 2. The van der Waals surface area contributed by atoms with E-state index in [2.05, 4.69) is 9.69 Å². The molecule has 3 rings (SSSR count).